The molecule has 0 aliphatic carbocycles. The lowest BCUT2D eigenvalue weighted by Gasteiger charge is -2.23. The fourth-order valence-electron chi connectivity index (χ4n) is 3.33. The molecule has 3 rings (SSSR count). The van der Waals surface area contributed by atoms with Gasteiger partial charge in [0, 0.05) is 19.6 Å². The summed E-state index contributed by atoms with van der Waals surface area (Å²) in [5.74, 6) is 0. The number of nitrogens with one attached hydrogen (secondary N) is 1. The van der Waals surface area contributed by atoms with Crippen LogP contribution < -0.4 is 5.32 Å². The Morgan fingerprint density at radius 1 is 1.36 bits per heavy atom. The summed E-state index contributed by atoms with van der Waals surface area (Å²) in [5, 5.41) is 12.3. The highest BCUT2D eigenvalue weighted by atomic mass is 35.5. The molecule has 2 saturated heterocycles. The maximum Gasteiger partial charge on any atom is 0.243 e. The van der Waals surface area contributed by atoms with Crippen LogP contribution >= 0.6 is 12.4 Å². The van der Waals surface area contributed by atoms with Gasteiger partial charge >= 0.3 is 0 Å². The molecule has 2 heterocycles. The molecule has 0 bridgehead atoms. The molecule has 1 aromatic carbocycles. The summed E-state index contributed by atoms with van der Waals surface area (Å²) < 4.78 is 27.3. The topological polar surface area (TPSA) is 73.2 Å². The first-order valence-corrected chi connectivity index (χ1v) is 8.63. The number of nitrogens with zero attached hydrogens (tertiary/aromatic N) is 2. The summed E-state index contributed by atoms with van der Waals surface area (Å²) >= 11 is 0. The fourth-order valence-corrected chi connectivity index (χ4v) is 5.13. The third-order valence-electron chi connectivity index (χ3n) is 4.67. The van der Waals surface area contributed by atoms with E-state index in [1.165, 1.54) is 6.07 Å². The van der Waals surface area contributed by atoms with Gasteiger partial charge in [-0.2, -0.15) is 9.57 Å². The molecule has 1 aromatic rings. The minimum atomic E-state index is -3.51. The zero-order valence-electron chi connectivity index (χ0n) is 12.5. The van der Waals surface area contributed by atoms with E-state index in [0.717, 1.165) is 25.9 Å². The summed E-state index contributed by atoms with van der Waals surface area (Å²) in [6.07, 6.45) is 1.95. The highest BCUT2D eigenvalue weighted by molar-refractivity contribution is 7.89. The Hall–Kier alpha value is -1.13. The van der Waals surface area contributed by atoms with Crippen LogP contribution in [0.25, 0.3) is 0 Å². The number of benzene rings is 1. The van der Waals surface area contributed by atoms with Gasteiger partial charge in [0.2, 0.25) is 10.0 Å². The molecule has 2 aliphatic heterocycles. The third kappa shape index (κ3) is 2.86. The molecule has 2 aliphatic rings. The Morgan fingerprint density at radius 2 is 2.14 bits per heavy atom. The molecule has 1 N–H and O–H groups in total. The number of hydrogen-bond acceptors (Lipinski definition) is 4. The van der Waals surface area contributed by atoms with E-state index < -0.39 is 10.0 Å². The van der Waals surface area contributed by atoms with Crippen LogP contribution in [0.5, 0.6) is 0 Å². The smallest absolute Gasteiger partial charge is 0.243 e. The first-order chi connectivity index (χ1) is 9.97. The van der Waals surface area contributed by atoms with Crippen LogP contribution in [-0.4, -0.2) is 38.9 Å². The molecule has 5 nitrogen and oxygen atoms in total. The molecular weight excluding hydrogens is 322 g/mol. The van der Waals surface area contributed by atoms with Crippen LogP contribution in [-0.2, 0) is 10.0 Å². The molecule has 0 radical (unpaired) electrons. The summed E-state index contributed by atoms with van der Waals surface area (Å²) in [6.45, 7) is 4.79. The molecule has 0 aromatic heterocycles. The van der Waals surface area contributed by atoms with Gasteiger partial charge < -0.3 is 5.32 Å². The van der Waals surface area contributed by atoms with Gasteiger partial charge in [0.15, 0.2) is 0 Å². The standard InChI is InChI=1S/C15H19N3O2S.ClH/c1-12-2-3-13(9-16)8-14(12)21(19,20)18-7-5-15(11-18)4-6-17-10-15;/h2-3,8,17H,4-7,10-11H2,1H3;1H. The normalized spacial score (nSPS) is 25.1. The van der Waals surface area contributed by atoms with Crippen molar-refractivity contribution >= 4 is 22.4 Å². The maximum absolute atomic E-state index is 12.9. The lowest BCUT2D eigenvalue weighted by molar-refractivity contribution is 0.338. The Bertz CT molecular complexity index is 706. The Morgan fingerprint density at radius 3 is 2.77 bits per heavy atom. The molecule has 0 amide bonds. The van der Waals surface area contributed by atoms with E-state index in [0.29, 0.717) is 24.2 Å². The second kappa shape index (κ2) is 6.17. The Balaban J connectivity index is 0.00000176. The monoisotopic (exact) mass is 341 g/mol. The molecule has 0 saturated carbocycles. The van der Waals surface area contributed by atoms with Crippen molar-refractivity contribution in [1.82, 2.24) is 9.62 Å². The number of sulfonamides is 1. The van der Waals surface area contributed by atoms with Gasteiger partial charge in [-0.15, -0.1) is 12.4 Å². The van der Waals surface area contributed by atoms with Crippen LogP contribution in [0.4, 0.5) is 0 Å². The van der Waals surface area contributed by atoms with Crippen molar-refractivity contribution in [2.45, 2.75) is 24.7 Å². The molecule has 22 heavy (non-hydrogen) atoms. The van der Waals surface area contributed by atoms with Crippen molar-refractivity contribution in [2.75, 3.05) is 26.2 Å². The molecule has 2 fully saturated rings. The zero-order valence-corrected chi connectivity index (χ0v) is 14.1. The highest BCUT2D eigenvalue weighted by Gasteiger charge is 2.44. The number of nitriles is 1. The van der Waals surface area contributed by atoms with E-state index >= 15 is 0 Å². The van der Waals surface area contributed by atoms with E-state index in [9.17, 15) is 8.42 Å². The molecule has 1 unspecified atom stereocenters. The minimum Gasteiger partial charge on any atom is -0.316 e. The molecule has 1 spiro atoms. The average molecular weight is 342 g/mol. The number of rotatable bonds is 2. The molecule has 7 heteroatoms. The predicted octanol–water partition coefficient (Wildman–Crippen LogP) is 1.66. The largest absolute Gasteiger partial charge is 0.316 e. The van der Waals surface area contributed by atoms with Crippen molar-refractivity contribution in [3.63, 3.8) is 0 Å². The number of hydrogen-bond donors (Lipinski definition) is 1. The van der Waals surface area contributed by atoms with Crippen LogP contribution in [0.2, 0.25) is 0 Å². The second-order valence-electron chi connectivity index (χ2n) is 6.11. The first kappa shape index (κ1) is 17.2. The summed E-state index contributed by atoms with van der Waals surface area (Å²) in [7, 11) is -3.51. The Kier molecular flexibility index (Phi) is 4.83. The Labute approximate surface area is 137 Å². The molecular formula is C15H20ClN3O2S. The van der Waals surface area contributed by atoms with Crippen molar-refractivity contribution in [3.05, 3.63) is 29.3 Å². The SMILES string of the molecule is Cc1ccc(C#N)cc1S(=O)(=O)N1CCC2(CCNC2)C1.Cl. The third-order valence-corrected chi connectivity index (χ3v) is 6.66. The number of halogens is 1. The van der Waals surface area contributed by atoms with Crippen LogP contribution in [0.3, 0.4) is 0 Å². The van der Waals surface area contributed by atoms with Gasteiger partial charge in [-0.1, -0.05) is 6.07 Å². The van der Waals surface area contributed by atoms with Gasteiger partial charge in [-0.25, -0.2) is 8.42 Å². The lowest BCUT2D eigenvalue weighted by atomic mass is 9.87. The van der Waals surface area contributed by atoms with Gasteiger partial charge in [-0.05, 0) is 49.4 Å². The molecule has 1 atom stereocenters. The van der Waals surface area contributed by atoms with Crippen LogP contribution in [0.1, 0.15) is 24.0 Å². The van der Waals surface area contributed by atoms with Gasteiger partial charge in [0.05, 0.1) is 16.5 Å². The first-order valence-electron chi connectivity index (χ1n) is 7.19. The van der Waals surface area contributed by atoms with Crippen LogP contribution in [0, 0.1) is 23.7 Å². The van der Waals surface area contributed by atoms with Gasteiger partial charge in [0.25, 0.3) is 0 Å². The predicted molar refractivity (Wildman–Crippen MR) is 86.4 cm³/mol. The van der Waals surface area contributed by atoms with E-state index in [4.69, 9.17) is 5.26 Å². The second-order valence-corrected chi connectivity index (χ2v) is 8.01. The zero-order chi connectivity index (χ0) is 15.1. The maximum atomic E-state index is 12.9. The average Bonchev–Trinajstić information content (AvgIpc) is 3.10. The van der Waals surface area contributed by atoms with Crippen molar-refractivity contribution in [2.24, 2.45) is 5.41 Å². The van der Waals surface area contributed by atoms with E-state index in [1.807, 2.05) is 6.07 Å². The fraction of sp³-hybridized carbons (Fsp3) is 0.533. The summed E-state index contributed by atoms with van der Waals surface area (Å²) in [4.78, 5) is 0.268. The van der Waals surface area contributed by atoms with Crippen LogP contribution in [0.15, 0.2) is 23.1 Å². The van der Waals surface area contributed by atoms with Crippen molar-refractivity contribution in [1.29, 1.82) is 5.26 Å². The number of aryl methyl sites for hydroxylation is 1. The van der Waals surface area contributed by atoms with Crippen molar-refractivity contribution < 1.29 is 8.42 Å². The van der Waals surface area contributed by atoms with Gasteiger partial charge in [0.1, 0.15) is 0 Å². The quantitative estimate of drug-likeness (QED) is 0.888. The lowest BCUT2D eigenvalue weighted by Crippen LogP contribution is -2.33. The minimum absolute atomic E-state index is 0. The summed E-state index contributed by atoms with van der Waals surface area (Å²) in [5.41, 5.74) is 1.18. The molecule has 120 valence electrons. The summed E-state index contributed by atoms with van der Waals surface area (Å²) in [6, 6.07) is 6.86. The van der Waals surface area contributed by atoms with Crippen molar-refractivity contribution in [3.8, 4) is 6.07 Å². The van der Waals surface area contributed by atoms with E-state index in [2.05, 4.69) is 5.32 Å². The van der Waals surface area contributed by atoms with E-state index in [-0.39, 0.29) is 22.7 Å². The van der Waals surface area contributed by atoms with E-state index in [1.54, 1.807) is 23.4 Å². The van der Waals surface area contributed by atoms with Gasteiger partial charge in [-0.3, -0.25) is 0 Å². The highest BCUT2D eigenvalue weighted by Crippen LogP contribution is 2.38.